The molecule has 2 amide bonds. The Morgan fingerprint density at radius 3 is 2.06 bits per heavy atom. The Kier molecular flexibility index (Phi) is 7.97. The van der Waals surface area contributed by atoms with Crippen molar-refractivity contribution < 1.29 is 24.2 Å². The van der Waals surface area contributed by atoms with E-state index in [2.05, 4.69) is 34.9 Å². The van der Waals surface area contributed by atoms with Crippen LogP contribution in [0.4, 0.5) is 4.79 Å². The first-order valence-electron chi connectivity index (χ1n) is 11.7. The molecule has 0 spiro atoms. The van der Waals surface area contributed by atoms with Gasteiger partial charge in [-0.25, -0.2) is 9.59 Å². The lowest BCUT2D eigenvalue weighted by Crippen LogP contribution is -2.47. The zero-order chi connectivity index (χ0) is 24.9. The molecule has 2 aromatic carbocycles. The summed E-state index contributed by atoms with van der Waals surface area (Å²) in [5, 5.41) is 14.6. The molecule has 0 saturated heterocycles. The fraction of sp³-hybridized carbons (Fsp3) is 0.444. The molecule has 7 heteroatoms. The van der Waals surface area contributed by atoms with Crippen molar-refractivity contribution in [2.24, 2.45) is 11.3 Å². The van der Waals surface area contributed by atoms with E-state index in [1.165, 1.54) is 0 Å². The molecule has 3 N–H and O–H groups in total. The minimum Gasteiger partial charge on any atom is -0.480 e. The van der Waals surface area contributed by atoms with Crippen LogP contribution in [0, 0.1) is 11.3 Å². The predicted molar refractivity (Wildman–Crippen MR) is 130 cm³/mol. The number of benzene rings is 2. The molecule has 2 unspecified atom stereocenters. The number of amides is 2. The van der Waals surface area contributed by atoms with Gasteiger partial charge in [0.25, 0.3) is 0 Å². The van der Waals surface area contributed by atoms with Crippen molar-refractivity contribution in [3.63, 3.8) is 0 Å². The number of hydrogen-bond acceptors (Lipinski definition) is 4. The van der Waals surface area contributed by atoms with Crippen LogP contribution in [0.25, 0.3) is 11.1 Å². The Labute approximate surface area is 200 Å². The van der Waals surface area contributed by atoms with Crippen LogP contribution in [0.15, 0.2) is 48.5 Å². The zero-order valence-electron chi connectivity index (χ0n) is 20.3. The molecular weight excluding hydrogens is 432 g/mol. The monoisotopic (exact) mass is 466 g/mol. The lowest BCUT2D eigenvalue weighted by atomic mass is 9.84. The van der Waals surface area contributed by atoms with Gasteiger partial charge in [0.15, 0.2) is 0 Å². The van der Waals surface area contributed by atoms with Crippen molar-refractivity contribution in [2.45, 2.75) is 52.5 Å². The third-order valence-corrected chi connectivity index (χ3v) is 6.09. The van der Waals surface area contributed by atoms with Crippen molar-refractivity contribution in [1.29, 1.82) is 0 Å². The lowest BCUT2D eigenvalue weighted by molar-refractivity contribution is -0.142. The number of fused-ring (bicyclic) bond motifs is 3. The van der Waals surface area contributed by atoms with E-state index in [4.69, 9.17) is 4.74 Å². The number of hydrogen-bond donors (Lipinski definition) is 3. The summed E-state index contributed by atoms with van der Waals surface area (Å²) in [5.74, 6) is -2.08. The molecule has 0 aliphatic heterocycles. The fourth-order valence-electron chi connectivity index (χ4n) is 4.48. The molecule has 3 rings (SSSR count). The average Bonchev–Trinajstić information content (AvgIpc) is 3.11. The number of alkyl carbamates (subject to hydrolysis) is 1. The van der Waals surface area contributed by atoms with Gasteiger partial charge in [-0.2, -0.15) is 0 Å². The molecule has 182 valence electrons. The van der Waals surface area contributed by atoms with Crippen molar-refractivity contribution in [3.8, 4) is 11.1 Å². The first-order valence-corrected chi connectivity index (χ1v) is 11.7. The largest absolute Gasteiger partial charge is 0.480 e. The van der Waals surface area contributed by atoms with Crippen LogP contribution in [-0.4, -0.2) is 42.3 Å². The maximum atomic E-state index is 12.8. The highest BCUT2D eigenvalue weighted by atomic mass is 16.5. The van der Waals surface area contributed by atoms with E-state index >= 15 is 0 Å². The SMILES string of the molecule is CCC(NC(=O)C(CNC(=O)OCC1c2ccccc2-c2ccccc21)CC(C)(C)C)C(=O)O. The molecule has 2 aromatic rings. The van der Waals surface area contributed by atoms with Gasteiger partial charge in [0, 0.05) is 12.5 Å². The van der Waals surface area contributed by atoms with E-state index in [0.29, 0.717) is 6.42 Å². The molecule has 0 fully saturated rings. The lowest BCUT2D eigenvalue weighted by Gasteiger charge is -2.26. The van der Waals surface area contributed by atoms with Crippen LogP contribution in [0.3, 0.4) is 0 Å². The summed E-state index contributed by atoms with van der Waals surface area (Å²) in [6.45, 7) is 7.94. The third-order valence-electron chi connectivity index (χ3n) is 6.09. The van der Waals surface area contributed by atoms with Crippen molar-refractivity contribution in [3.05, 3.63) is 59.7 Å². The summed E-state index contributed by atoms with van der Waals surface area (Å²) in [7, 11) is 0. The van der Waals surface area contributed by atoms with Gasteiger partial charge < -0.3 is 20.5 Å². The molecule has 2 atom stereocenters. The topological polar surface area (TPSA) is 105 Å². The standard InChI is InChI=1S/C27H34N2O5/c1-5-23(25(31)32)29-24(30)17(14-27(2,3)4)15-28-26(33)34-16-22-20-12-8-6-10-18(20)19-11-7-9-13-21(19)22/h6-13,17,22-23H,5,14-16H2,1-4H3,(H,28,33)(H,29,30)(H,31,32). The van der Waals surface area contributed by atoms with Crippen molar-refractivity contribution in [1.82, 2.24) is 10.6 Å². The van der Waals surface area contributed by atoms with Gasteiger partial charge in [0.1, 0.15) is 12.6 Å². The Balaban J connectivity index is 1.62. The second kappa shape index (κ2) is 10.7. The maximum Gasteiger partial charge on any atom is 0.407 e. The summed E-state index contributed by atoms with van der Waals surface area (Å²) in [6.07, 6.45) is 0.167. The van der Waals surface area contributed by atoms with Crippen LogP contribution in [-0.2, 0) is 14.3 Å². The van der Waals surface area contributed by atoms with Gasteiger partial charge in [-0.15, -0.1) is 0 Å². The van der Waals surface area contributed by atoms with Crippen LogP contribution in [0.2, 0.25) is 0 Å². The number of ether oxygens (including phenoxy) is 1. The normalized spacial score (nSPS) is 14.5. The molecule has 0 radical (unpaired) electrons. The highest BCUT2D eigenvalue weighted by Crippen LogP contribution is 2.44. The Bertz CT molecular complexity index is 998. The van der Waals surface area contributed by atoms with Gasteiger partial charge in [0.2, 0.25) is 5.91 Å². The van der Waals surface area contributed by atoms with Gasteiger partial charge >= 0.3 is 12.1 Å². The number of nitrogens with one attached hydrogen (secondary N) is 2. The number of carbonyl (C=O) groups excluding carboxylic acids is 2. The predicted octanol–water partition coefficient (Wildman–Crippen LogP) is 4.56. The number of aliphatic carboxylic acids is 1. The quantitative estimate of drug-likeness (QED) is 0.503. The summed E-state index contributed by atoms with van der Waals surface area (Å²) < 4.78 is 5.56. The molecule has 0 heterocycles. The van der Waals surface area contributed by atoms with Crippen LogP contribution >= 0.6 is 0 Å². The second-order valence-electron chi connectivity index (χ2n) is 9.98. The molecule has 34 heavy (non-hydrogen) atoms. The molecule has 7 nitrogen and oxygen atoms in total. The zero-order valence-corrected chi connectivity index (χ0v) is 20.3. The summed E-state index contributed by atoms with van der Waals surface area (Å²) >= 11 is 0. The van der Waals surface area contributed by atoms with Gasteiger partial charge in [-0.05, 0) is 40.5 Å². The molecule has 0 saturated carbocycles. The first kappa shape index (κ1) is 25.3. The van der Waals surface area contributed by atoms with Crippen LogP contribution in [0.1, 0.15) is 57.6 Å². The van der Waals surface area contributed by atoms with E-state index < -0.39 is 24.0 Å². The summed E-state index contributed by atoms with van der Waals surface area (Å²) in [5.41, 5.74) is 4.37. The number of carboxylic acid groups (broad SMARTS) is 1. The minimum atomic E-state index is -1.07. The molecule has 0 bridgehead atoms. The Morgan fingerprint density at radius 2 is 1.56 bits per heavy atom. The van der Waals surface area contributed by atoms with E-state index in [9.17, 15) is 19.5 Å². The number of carboxylic acids is 1. The molecule has 1 aliphatic rings. The van der Waals surface area contributed by atoms with Gasteiger partial charge in [-0.3, -0.25) is 4.79 Å². The molecular formula is C27H34N2O5. The van der Waals surface area contributed by atoms with E-state index in [1.807, 2.05) is 45.0 Å². The van der Waals surface area contributed by atoms with Crippen LogP contribution < -0.4 is 10.6 Å². The van der Waals surface area contributed by atoms with Gasteiger partial charge in [-0.1, -0.05) is 76.2 Å². The highest BCUT2D eigenvalue weighted by molar-refractivity contribution is 5.85. The van der Waals surface area contributed by atoms with E-state index in [0.717, 1.165) is 22.3 Å². The number of rotatable bonds is 9. The van der Waals surface area contributed by atoms with E-state index in [-0.39, 0.29) is 36.8 Å². The Morgan fingerprint density at radius 1 is 1.00 bits per heavy atom. The fourth-order valence-corrected chi connectivity index (χ4v) is 4.48. The first-order chi connectivity index (χ1) is 16.1. The smallest absolute Gasteiger partial charge is 0.407 e. The summed E-state index contributed by atoms with van der Waals surface area (Å²) in [6, 6.07) is 15.3. The molecule has 1 aliphatic carbocycles. The van der Waals surface area contributed by atoms with Crippen LogP contribution in [0.5, 0.6) is 0 Å². The van der Waals surface area contributed by atoms with Crippen molar-refractivity contribution >= 4 is 18.0 Å². The third kappa shape index (κ3) is 6.16. The highest BCUT2D eigenvalue weighted by Gasteiger charge is 2.30. The minimum absolute atomic E-state index is 0.0484. The average molecular weight is 467 g/mol. The maximum absolute atomic E-state index is 12.8. The Hall–Kier alpha value is -3.35. The molecule has 0 aromatic heterocycles. The second-order valence-corrected chi connectivity index (χ2v) is 9.98. The van der Waals surface area contributed by atoms with E-state index in [1.54, 1.807) is 6.92 Å². The van der Waals surface area contributed by atoms with Gasteiger partial charge in [0.05, 0.1) is 5.92 Å². The number of carbonyl (C=O) groups is 3. The van der Waals surface area contributed by atoms with Crippen molar-refractivity contribution in [2.75, 3.05) is 13.2 Å². The summed E-state index contributed by atoms with van der Waals surface area (Å²) in [4.78, 5) is 36.6.